The van der Waals surface area contributed by atoms with E-state index in [2.05, 4.69) is 10.3 Å². The van der Waals surface area contributed by atoms with E-state index >= 15 is 0 Å². The number of amides is 1. The number of nitrogens with one attached hydrogen (secondary N) is 1. The molecule has 0 atom stereocenters. The molecule has 0 saturated carbocycles. The SMILES string of the molecule is Cc1nc(Cc2ccccc2)sc1C(=O)NCCS(=O)(=O)N1CCc2ccccc21. The standard InChI is InChI=1S/C22H23N3O3S2/c1-16-21(29-20(24-16)15-17-7-3-2-4-8-17)22(26)23-12-14-30(27,28)25-13-11-18-9-5-6-10-19(18)25/h2-10H,11-15H2,1H3,(H,23,26). The largest absolute Gasteiger partial charge is 0.350 e. The molecule has 0 unspecified atom stereocenters. The molecule has 1 aliphatic heterocycles. The van der Waals surface area contributed by atoms with Gasteiger partial charge in [-0.2, -0.15) is 0 Å². The van der Waals surface area contributed by atoms with E-state index in [-0.39, 0.29) is 18.2 Å². The topological polar surface area (TPSA) is 79.4 Å². The van der Waals surface area contributed by atoms with Crippen molar-refractivity contribution in [2.45, 2.75) is 19.8 Å². The Balaban J connectivity index is 1.36. The Morgan fingerprint density at radius 1 is 1.13 bits per heavy atom. The number of carbonyl (C=O) groups excluding carboxylic acids is 1. The summed E-state index contributed by atoms with van der Waals surface area (Å²) in [7, 11) is -3.49. The van der Waals surface area contributed by atoms with Gasteiger partial charge in [0.25, 0.3) is 5.91 Å². The zero-order valence-electron chi connectivity index (χ0n) is 16.7. The minimum atomic E-state index is -3.49. The number of aromatic nitrogens is 1. The molecule has 0 saturated heterocycles. The monoisotopic (exact) mass is 441 g/mol. The van der Waals surface area contributed by atoms with Crippen LogP contribution >= 0.6 is 11.3 Å². The molecule has 0 bridgehead atoms. The average Bonchev–Trinajstić information content (AvgIpc) is 3.32. The molecule has 1 aliphatic rings. The molecule has 4 rings (SSSR count). The maximum absolute atomic E-state index is 12.8. The van der Waals surface area contributed by atoms with Gasteiger partial charge in [-0.05, 0) is 30.5 Å². The summed E-state index contributed by atoms with van der Waals surface area (Å²) in [5, 5.41) is 3.61. The Kier molecular flexibility index (Phi) is 5.87. The molecule has 3 aromatic rings. The van der Waals surface area contributed by atoms with Gasteiger partial charge in [0, 0.05) is 19.5 Å². The van der Waals surface area contributed by atoms with Crippen molar-refractivity contribution in [3.63, 3.8) is 0 Å². The van der Waals surface area contributed by atoms with E-state index in [9.17, 15) is 13.2 Å². The first-order valence-corrected chi connectivity index (χ1v) is 12.2. The molecule has 1 amide bonds. The van der Waals surface area contributed by atoms with Gasteiger partial charge in [-0.3, -0.25) is 9.10 Å². The maximum Gasteiger partial charge on any atom is 0.263 e. The first-order valence-electron chi connectivity index (χ1n) is 9.81. The molecule has 0 fully saturated rings. The van der Waals surface area contributed by atoms with Crippen molar-refractivity contribution in [3.05, 3.63) is 81.3 Å². The highest BCUT2D eigenvalue weighted by Crippen LogP contribution is 2.29. The van der Waals surface area contributed by atoms with Crippen LogP contribution in [0.25, 0.3) is 0 Å². The van der Waals surface area contributed by atoms with E-state index in [0.717, 1.165) is 21.8 Å². The number of hydrogen-bond acceptors (Lipinski definition) is 5. The van der Waals surface area contributed by atoms with Gasteiger partial charge in [-0.15, -0.1) is 11.3 Å². The molecule has 6 nitrogen and oxygen atoms in total. The van der Waals surface area contributed by atoms with E-state index in [0.29, 0.717) is 30.0 Å². The van der Waals surface area contributed by atoms with E-state index in [1.807, 2.05) is 54.6 Å². The van der Waals surface area contributed by atoms with Crippen LogP contribution in [0.4, 0.5) is 5.69 Å². The Morgan fingerprint density at radius 2 is 1.87 bits per heavy atom. The minimum absolute atomic E-state index is 0.0607. The highest BCUT2D eigenvalue weighted by Gasteiger charge is 2.29. The van der Waals surface area contributed by atoms with Crippen molar-refractivity contribution in [2.24, 2.45) is 0 Å². The number of hydrogen-bond donors (Lipinski definition) is 1. The highest BCUT2D eigenvalue weighted by atomic mass is 32.2. The quantitative estimate of drug-likeness (QED) is 0.611. The lowest BCUT2D eigenvalue weighted by atomic mass is 10.2. The summed E-state index contributed by atoms with van der Waals surface area (Å²) < 4.78 is 27.0. The number of para-hydroxylation sites is 1. The number of fused-ring (bicyclic) bond motifs is 1. The Labute approximate surface area is 180 Å². The molecule has 156 valence electrons. The van der Waals surface area contributed by atoms with E-state index in [4.69, 9.17) is 0 Å². The maximum atomic E-state index is 12.8. The first-order chi connectivity index (χ1) is 14.4. The van der Waals surface area contributed by atoms with Gasteiger partial charge in [-0.1, -0.05) is 48.5 Å². The van der Waals surface area contributed by atoms with Crippen LogP contribution in [-0.4, -0.2) is 38.2 Å². The van der Waals surface area contributed by atoms with Crippen LogP contribution in [0.5, 0.6) is 0 Å². The lowest BCUT2D eigenvalue weighted by molar-refractivity contribution is 0.0959. The summed E-state index contributed by atoms with van der Waals surface area (Å²) in [6.45, 7) is 2.31. The normalized spacial score (nSPS) is 13.3. The predicted molar refractivity (Wildman–Crippen MR) is 120 cm³/mol. The van der Waals surface area contributed by atoms with Gasteiger partial charge in [0.2, 0.25) is 10.0 Å². The van der Waals surface area contributed by atoms with Gasteiger partial charge in [0.05, 0.1) is 22.1 Å². The summed E-state index contributed by atoms with van der Waals surface area (Å²) in [5.74, 6) is -0.414. The molecule has 2 heterocycles. The van der Waals surface area contributed by atoms with Crippen molar-refractivity contribution >= 4 is 33.0 Å². The molecule has 0 spiro atoms. The number of benzene rings is 2. The number of rotatable bonds is 7. The number of aryl methyl sites for hydroxylation is 1. The Bertz CT molecular complexity index is 1160. The summed E-state index contributed by atoms with van der Waals surface area (Å²) >= 11 is 1.35. The van der Waals surface area contributed by atoms with E-state index in [1.54, 1.807) is 6.92 Å². The van der Waals surface area contributed by atoms with Crippen LogP contribution in [0.3, 0.4) is 0 Å². The fourth-order valence-corrected chi connectivity index (χ4v) is 6.03. The summed E-state index contributed by atoms with van der Waals surface area (Å²) in [5.41, 5.74) is 3.58. The Hall–Kier alpha value is -2.71. The third-order valence-electron chi connectivity index (χ3n) is 5.07. The van der Waals surface area contributed by atoms with Crippen LogP contribution < -0.4 is 9.62 Å². The summed E-state index contributed by atoms with van der Waals surface area (Å²) in [4.78, 5) is 17.6. The fraction of sp³-hybridized carbons (Fsp3) is 0.273. The number of carbonyl (C=O) groups is 1. The molecular weight excluding hydrogens is 418 g/mol. The van der Waals surface area contributed by atoms with Crippen molar-refractivity contribution in [2.75, 3.05) is 23.1 Å². The van der Waals surface area contributed by atoms with Crippen LogP contribution in [0.1, 0.15) is 31.5 Å². The van der Waals surface area contributed by atoms with Crippen LogP contribution in [0.2, 0.25) is 0 Å². The second-order valence-electron chi connectivity index (χ2n) is 7.21. The van der Waals surface area contributed by atoms with Crippen molar-refractivity contribution in [3.8, 4) is 0 Å². The molecule has 0 aliphatic carbocycles. The van der Waals surface area contributed by atoms with Gasteiger partial charge in [0.15, 0.2) is 0 Å². The number of thiazole rings is 1. The van der Waals surface area contributed by atoms with Crippen LogP contribution in [-0.2, 0) is 22.9 Å². The molecule has 2 aromatic carbocycles. The second-order valence-corrected chi connectivity index (χ2v) is 10.3. The van der Waals surface area contributed by atoms with Crippen LogP contribution in [0, 0.1) is 6.92 Å². The molecule has 1 N–H and O–H groups in total. The lowest BCUT2D eigenvalue weighted by Gasteiger charge is -2.19. The summed E-state index contributed by atoms with van der Waals surface area (Å²) in [6.07, 6.45) is 1.38. The van der Waals surface area contributed by atoms with Gasteiger partial charge in [0.1, 0.15) is 4.88 Å². The summed E-state index contributed by atoms with van der Waals surface area (Å²) in [6, 6.07) is 17.5. The van der Waals surface area contributed by atoms with Gasteiger partial charge in [-0.25, -0.2) is 13.4 Å². The van der Waals surface area contributed by atoms with Crippen molar-refractivity contribution in [1.29, 1.82) is 0 Å². The van der Waals surface area contributed by atoms with Gasteiger partial charge < -0.3 is 5.32 Å². The smallest absolute Gasteiger partial charge is 0.263 e. The first kappa shape index (κ1) is 20.6. The highest BCUT2D eigenvalue weighted by molar-refractivity contribution is 7.92. The fourth-order valence-electron chi connectivity index (χ4n) is 3.59. The molecule has 0 radical (unpaired) electrons. The van der Waals surface area contributed by atoms with Crippen molar-refractivity contribution in [1.82, 2.24) is 10.3 Å². The van der Waals surface area contributed by atoms with Gasteiger partial charge >= 0.3 is 0 Å². The number of sulfonamides is 1. The lowest BCUT2D eigenvalue weighted by Crippen LogP contribution is -2.36. The zero-order chi connectivity index (χ0) is 21.1. The number of anilines is 1. The minimum Gasteiger partial charge on any atom is -0.350 e. The van der Waals surface area contributed by atoms with Crippen LogP contribution in [0.15, 0.2) is 54.6 Å². The second kappa shape index (κ2) is 8.57. The number of nitrogens with zero attached hydrogens (tertiary/aromatic N) is 2. The molecule has 8 heteroatoms. The van der Waals surface area contributed by atoms with E-state index < -0.39 is 10.0 Å². The third kappa shape index (κ3) is 4.39. The third-order valence-corrected chi connectivity index (χ3v) is 8.00. The molecular formula is C22H23N3O3S2. The molecule has 30 heavy (non-hydrogen) atoms. The predicted octanol–water partition coefficient (Wildman–Crippen LogP) is 3.16. The Morgan fingerprint density at radius 3 is 2.67 bits per heavy atom. The molecule has 1 aromatic heterocycles. The van der Waals surface area contributed by atoms with E-state index in [1.165, 1.54) is 15.6 Å². The average molecular weight is 442 g/mol. The zero-order valence-corrected chi connectivity index (χ0v) is 18.3. The van der Waals surface area contributed by atoms with Crippen molar-refractivity contribution < 1.29 is 13.2 Å².